The third-order valence-corrected chi connectivity index (χ3v) is 2.97. The SMILES string of the molecule is C=CC[C@@H]1[C@@H](C=C)[C@H](C)C[C@@H]1O. The fraction of sp³-hybridized carbons (Fsp3) is 0.636. The molecule has 0 spiro atoms. The van der Waals surface area contributed by atoms with Crippen molar-refractivity contribution in [1.29, 1.82) is 0 Å². The lowest BCUT2D eigenvalue weighted by atomic mass is 9.88. The first-order chi connectivity index (χ1) is 5.70. The van der Waals surface area contributed by atoms with E-state index in [0.717, 1.165) is 12.8 Å². The topological polar surface area (TPSA) is 20.2 Å². The highest BCUT2D eigenvalue weighted by atomic mass is 16.3. The van der Waals surface area contributed by atoms with Gasteiger partial charge in [0.25, 0.3) is 0 Å². The molecular weight excluding hydrogens is 148 g/mol. The molecule has 1 N–H and O–H groups in total. The Morgan fingerprint density at radius 2 is 2.17 bits per heavy atom. The zero-order chi connectivity index (χ0) is 9.14. The second kappa shape index (κ2) is 3.90. The first kappa shape index (κ1) is 9.53. The Labute approximate surface area is 74.8 Å². The molecule has 0 aromatic carbocycles. The van der Waals surface area contributed by atoms with E-state index in [4.69, 9.17) is 0 Å². The van der Waals surface area contributed by atoms with Gasteiger partial charge in [-0.2, -0.15) is 0 Å². The molecule has 1 saturated carbocycles. The van der Waals surface area contributed by atoms with Crippen LogP contribution in [0.3, 0.4) is 0 Å². The van der Waals surface area contributed by atoms with E-state index in [1.54, 1.807) is 0 Å². The van der Waals surface area contributed by atoms with Crippen molar-refractivity contribution in [2.75, 3.05) is 0 Å². The predicted octanol–water partition coefficient (Wildman–Crippen LogP) is 2.38. The van der Waals surface area contributed by atoms with Gasteiger partial charge in [-0.25, -0.2) is 0 Å². The Bertz CT molecular complexity index is 174. The molecule has 1 nitrogen and oxygen atoms in total. The van der Waals surface area contributed by atoms with Gasteiger partial charge in [0.15, 0.2) is 0 Å². The lowest BCUT2D eigenvalue weighted by molar-refractivity contribution is 0.125. The summed E-state index contributed by atoms with van der Waals surface area (Å²) in [6.07, 6.45) is 5.54. The van der Waals surface area contributed by atoms with Crippen molar-refractivity contribution in [2.24, 2.45) is 17.8 Å². The second-order valence-corrected chi connectivity index (χ2v) is 3.78. The van der Waals surface area contributed by atoms with E-state index in [9.17, 15) is 5.11 Å². The molecule has 0 aromatic rings. The summed E-state index contributed by atoms with van der Waals surface area (Å²) in [5, 5.41) is 9.70. The molecule has 0 heterocycles. The van der Waals surface area contributed by atoms with E-state index < -0.39 is 0 Å². The van der Waals surface area contributed by atoms with Gasteiger partial charge in [0.05, 0.1) is 6.10 Å². The Balaban J connectivity index is 2.67. The number of hydrogen-bond donors (Lipinski definition) is 1. The average Bonchev–Trinajstić information content (AvgIpc) is 2.28. The molecule has 12 heavy (non-hydrogen) atoms. The highest BCUT2D eigenvalue weighted by Crippen LogP contribution is 2.39. The van der Waals surface area contributed by atoms with E-state index in [-0.39, 0.29) is 6.10 Å². The molecule has 4 atom stereocenters. The molecule has 1 fully saturated rings. The van der Waals surface area contributed by atoms with Gasteiger partial charge in [-0.1, -0.05) is 19.1 Å². The molecule has 1 rings (SSSR count). The Morgan fingerprint density at radius 3 is 2.67 bits per heavy atom. The summed E-state index contributed by atoms with van der Waals surface area (Å²) in [4.78, 5) is 0. The molecule has 0 bridgehead atoms. The molecule has 0 unspecified atom stereocenters. The summed E-state index contributed by atoms with van der Waals surface area (Å²) < 4.78 is 0. The summed E-state index contributed by atoms with van der Waals surface area (Å²) >= 11 is 0. The average molecular weight is 166 g/mol. The van der Waals surface area contributed by atoms with Crippen LogP contribution in [-0.2, 0) is 0 Å². The maximum atomic E-state index is 9.70. The van der Waals surface area contributed by atoms with Crippen molar-refractivity contribution >= 4 is 0 Å². The van der Waals surface area contributed by atoms with Crippen molar-refractivity contribution < 1.29 is 5.11 Å². The van der Waals surface area contributed by atoms with Crippen molar-refractivity contribution in [3.8, 4) is 0 Å². The zero-order valence-electron chi connectivity index (χ0n) is 7.74. The highest BCUT2D eigenvalue weighted by Gasteiger charge is 2.37. The van der Waals surface area contributed by atoms with E-state index >= 15 is 0 Å². The fourth-order valence-corrected chi connectivity index (χ4v) is 2.31. The van der Waals surface area contributed by atoms with E-state index in [1.165, 1.54) is 0 Å². The minimum Gasteiger partial charge on any atom is -0.393 e. The van der Waals surface area contributed by atoms with Gasteiger partial charge < -0.3 is 5.11 Å². The molecule has 0 saturated heterocycles. The van der Waals surface area contributed by atoms with Crippen molar-refractivity contribution in [2.45, 2.75) is 25.9 Å². The van der Waals surface area contributed by atoms with Gasteiger partial charge in [0.1, 0.15) is 0 Å². The number of rotatable bonds is 3. The molecular formula is C11H18O. The van der Waals surface area contributed by atoms with Crippen LogP contribution in [0.1, 0.15) is 19.8 Å². The third-order valence-electron chi connectivity index (χ3n) is 2.97. The highest BCUT2D eigenvalue weighted by molar-refractivity contribution is 4.99. The summed E-state index contributed by atoms with van der Waals surface area (Å²) in [6.45, 7) is 9.70. The number of hydrogen-bond acceptors (Lipinski definition) is 1. The van der Waals surface area contributed by atoms with Crippen LogP contribution in [0.15, 0.2) is 25.3 Å². The number of aliphatic hydroxyl groups is 1. The minimum atomic E-state index is -0.152. The fourth-order valence-electron chi connectivity index (χ4n) is 2.31. The van der Waals surface area contributed by atoms with Crippen LogP contribution >= 0.6 is 0 Å². The second-order valence-electron chi connectivity index (χ2n) is 3.78. The number of aliphatic hydroxyl groups excluding tert-OH is 1. The molecule has 68 valence electrons. The summed E-state index contributed by atoms with van der Waals surface area (Å²) in [7, 11) is 0. The molecule has 0 radical (unpaired) electrons. The van der Waals surface area contributed by atoms with Gasteiger partial charge in [-0.15, -0.1) is 13.2 Å². The van der Waals surface area contributed by atoms with Crippen LogP contribution in [0.2, 0.25) is 0 Å². The van der Waals surface area contributed by atoms with Crippen LogP contribution in [0.5, 0.6) is 0 Å². The smallest absolute Gasteiger partial charge is 0.0579 e. The maximum Gasteiger partial charge on any atom is 0.0579 e. The van der Waals surface area contributed by atoms with Gasteiger partial charge in [0.2, 0.25) is 0 Å². The predicted molar refractivity (Wildman–Crippen MR) is 51.8 cm³/mol. The lowest BCUT2D eigenvalue weighted by Gasteiger charge is -2.18. The van der Waals surface area contributed by atoms with Crippen LogP contribution in [0.4, 0.5) is 0 Å². The maximum absolute atomic E-state index is 9.70. The summed E-state index contributed by atoms with van der Waals surface area (Å²) in [5.41, 5.74) is 0. The van der Waals surface area contributed by atoms with Crippen molar-refractivity contribution in [3.63, 3.8) is 0 Å². The first-order valence-electron chi connectivity index (χ1n) is 4.62. The zero-order valence-corrected chi connectivity index (χ0v) is 7.74. The standard InChI is InChI=1S/C11H18O/c1-4-6-10-9(5-2)8(3)7-11(10)12/h4-5,8-12H,1-2,6-7H2,3H3/t8-,9+,10-,11+/m1/s1. The quantitative estimate of drug-likeness (QED) is 0.638. The van der Waals surface area contributed by atoms with Gasteiger partial charge in [-0.3, -0.25) is 0 Å². The molecule has 0 aromatic heterocycles. The van der Waals surface area contributed by atoms with E-state index in [0.29, 0.717) is 17.8 Å². The molecule has 1 heteroatoms. The molecule has 1 aliphatic rings. The molecule has 0 amide bonds. The van der Waals surface area contributed by atoms with Gasteiger partial charge in [-0.05, 0) is 30.6 Å². The lowest BCUT2D eigenvalue weighted by Crippen LogP contribution is -2.17. The number of allylic oxidation sites excluding steroid dienone is 2. The first-order valence-corrected chi connectivity index (χ1v) is 4.62. The van der Waals surface area contributed by atoms with Crippen LogP contribution in [0, 0.1) is 17.8 Å². The minimum absolute atomic E-state index is 0.152. The Hall–Kier alpha value is -0.560. The largest absolute Gasteiger partial charge is 0.393 e. The van der Waals surface area contributed by atoms with Crippen LogP contribution in [-0.4, -0.2) is 11.2 Å². The monoisotopic (exact) mass is 166 g/mol. The van der Waals surface area contributed by atoms with Crippen molar-refractivity contribution in [3.05, 3.63) is 25.3 Å². The molecule has 1 aliphatic carbocycles. The molecule has 0 aliphatic heterocycles. The summed E-state index contributed by atoms with van der Waals surface area (Å²) in [6, 6.07) is 0. The summed E-state index contributed by atoms with van der Waals surface area (Å²) in [5.74, 6) is 1.40. The van der Waals surface area contributed by atoms with Crippen LogP contribution < -0.4 is 0 Å². The third kappa shape index (κ3) is 1.61. The van der Waals surface area contributed by atoms with Crippen molar-refractivity contribution in [1.82, 2.24) is 0 Å². The van der Waals surface area contributed by atoms with Gasteiger partial charge in [0, 0.05) is 0 Å². The Kier molecular flexibility index (Phi) is 3.10. The van der Waals surface area contributed by atoms with Gasteiger partial charge >= 0.3 is 0 Å². The Morgan fingerprint density at radius 1 is 1.50 bits per heavy atom. The van der Waals surface area contributed by atoms with E-state index in [1.807, 2.05) is 12.2 Å². The van der Waals surface area contributed by atoms with E-state index in [2.05, 4.69) is 20.1 Å². The van der Waals surface area contributed by atoms with Crippen LogP contribution in [0.25, 0.3) is 0 Å². The normalized spacial score (nSPS) is 41.2.